The summed E-state index contributed by atoms with van der Waals surface area (Å²) < 4.78 is 10.4. The normalized spacial score (nSPS) is 11.5. The van der Waals surface area contributed by atoms with Gasteiger partial charge in [0.1, 0.15) is 0 Å². The fourth-order valence-corrected chi connectivity index (χ4v) is 1.24. The van der Waals surface area contributed by atoms with Gasteiger partial charge in [-0.1, -0.05) is 6.07 Å². The summed E-state index contributed by atoms with van der Waals surface area (Å²) in [5, 5.41) is 2.62. The third-order valence-electron chi connectivity index (χ3n) is 1.35. The Hall–Kier alpha value is -0.740. The van der Waals surface area contributed by atoms with E-state index in [1.54, 1.807) is 18.3 Å². The molecular weight excluding hydrogens is 191 g/mol. The number of rotatable bonds is 4. The third-order valence-corrected chi connectivity index (χ3v) is 1.99. The minimum atomic E-state index is -3.94. The quantitative estimate of drug-likeness (QED) is 0.612. The van der Waals surface area contributed by atoms with E-state index in [1.807, 2.05) is 6.07 Å². The summed E-state index contributed by atoms with van der Waals surface area (Å²) in [6, 6.07) is 5.39. The molecule has 1 heterocycles. The molecule has 0 unspecified atom stereocenters. The van der Waals surface area contributed by atoms with Crippen molar-refractivity contribution in [1.82, 2.24) is 10.3 Å². The van der Waals surface area contributed by atoms with Crippen LogP contribution in [0.5, 0.6) is 0 Å². The van der Waals surface area contributed by atoms with Crippen LogP contribution in [-0.4, -0.2) is 21.1 Å². The maximum absolute atomic E-state index is 10.4. The molecule has 0 bridgehead atoms. The Morgan fingerprint density at radius 1 is 1.46 bits per heavy atom. The fraction of sp³-hybridized carbons (Fsp3) is 0.286. The lowest BCUT2D eigenvalue weighted by Crippen LogP contribution is -2.15. The predicted octanol–water partition coefficient (Wildman–Crippen LogP) is 0.306. The molecule has 1 aromatic heterocycles. The molecule has 0 radical (unpaired) electrons. The van der Waals surface area contributed by atoms with E-state index in [-0.39, 0.29) is 6.29 Å². The van der Waals surface area contributed by atoms with Crippen molar-refractivity contribution in [3.05, 3.63) is 30.1 Å². The van der Waals surface area contributed by atoms with Crippen molar-refractivity contribution in [2.45, 2.75) is 6.54 Å². The van der Waals surface area contributed by atoms with Crippen molar-refractivity contribution in [2.24, 2.45) is 0 Å². The zero-order valence-corrected chi connectivity index (χ0v) is 7.82. The molecule has 0 aromatic carbocycles. The number of hydrogen-bond acceptors (Lipinski definition) is 3. The molecule has 0 saturated carbocycles. The zero-order chi connectivity index (χ0) is 9.73. The average Bonchev–Trinajstić information content (AvgIpc) is 2.04. The van der Waals surface area contributed by atoms with Gasteiger partial charge in [0.15, 0.2) is 0 Å². The summed E-state index contributed by atoms with van der Waals surface area (Å²) in [4.78, 5) is 21.0. The summed E-state index contributed by atoms with van der Waals surface area (Å²) in [6.07, 6.45) is 1.32. The molecule has 0 aliphatic rings. The zero-order valence-electron chi connectivity index (χ0n) is 6.92. The van der Waals surface area contributed by atoms with Crippen LogP contribution in [0, 0.1) is 0 Å². The van der Waals surface area contributed by atoms with E-state index in [9.17, 15) is 4.57 Å². The molecule has 0 atom stereocenters. The van der Waals surface area contributed by atoms with Gasteiger partial charge in [-0.25, -0.2) is 0 Å². The summed E-state index contributed by atoms with van der Waals surface area (Å²) in [5.74, 6) is 0. The molecule has 0 aliphatic heterocycles. The lowest BCUT2D eigenvalue weighted by atomic mass is 10.3. The smallest absolute Gasteiger partial charge is 0.324 e. The summed E-state index contributed by atoms with van der Waals surface area (Å²) >= 11 is 0. The minimum absolute atomic E-state index is 0.316. The van der Waals surface area contributed by atoms with Gasteiger partial charge in [0.25, 0.3) is 0 Å². The third kappa shape index (κ3) is 4.75. The standard InChI is InChI=1S/C7H11N2O3P/c10-13(11,12)6-8-5-7-3-1-2-4-9-7/h1-4,8H,5-6H2,(H2,10,11,12). The molecule has 0 aliphatic carbocycles. The van der Waals surface area contributed by atoms with Crippen LogP contribution < -0.4 is 5.32 Å². The first-order valence-corrected chi connectivity index (χ1v) is 5.53. The number of hydrogen-bond donors (Lipinski definition) is 3. The second kappa shape index (κ2) is 4.48. The number of nitrogens with zero attached hydrogens (tertiary/aromatic N) is 1. The van der Waals surface area contributed by atoms with Crippen LogP contribution in [0.15, 0.2) is 24.4 Å². The van der Waals surface area contributed by atoms with E-state index in [0.29, 0.717) is 6.54 Å². The fourth-order valence-electron chi connectivity index (χ4n) is 0.832. The van der Waals surface area contributed by atoms with E-state index in [2.05, 4.69) is 10.3 Å². The van der Waals surface area contributed by atoms with Crippen LogP contribution in [0.3, 0.4) is 0 Å². The minimum Gasteiger partial charge on any atom is -0.324 e. The lowest BCUT2D eigenvalue weighted by Gasteiger charge is -2.04. The van der Waals surface area contributed by atoms with Crippen LogP contribution >= 0.6 is 7.60 Å². The largest absolute Gasteiger partial charge is 0.339 e. The molecule has 0 amide bonds. The first-order chi connectivity index (χ1) is 6.08. The number of pyridine rings is 1. The summed E-state index contributed by atoms with van der Waals surface area (Å²) in [7, 11) is -3.94. The van der Waals surface area contributed by atoms with Crippen LogP contribution in [0.1, 0.15) is 5.69 Å². The first-order valence-electron chi connectivity index (χ1n) is 3.73. The Balaban J connectivity index is 2.33. The molecule has 72 valence electrons. The Morgan fingerprint density at radius 2 is 2.23 bits per heavy atom. The van der Waals surface area contributed by atoms with Crippen LogP contribution in [0.4, 0.5) is 0 Å². The van der Waals surface area contributed by atoms with Gasteiger partial charge in [-0.05, 0) is 12.1 Å². The Morgan fingerprint density at radius 3 is 2.77 bits per heavy atom. The summed E-state index contributed by atoms with van der Waals surface area (Å²) in [5.41, 5.74) is 0.760. The topological polar surface area (TPSA) is 82.5 Å². The monoisotopic (exact) mass is 202 g/mol. The molecular formula is C7H11N2O3P. The van der Waals surface area contributed by atoms with Gasteiger partial charge in [0.2, 0.25) is 0 Å². The molecule has 5 nitrogen and oxygen atoms in total. The van der Waals surface area contributed by atoms with Crippen molar-refractivity contribution in [2.75, 3.05) is 6.29 Å². The van der Waals surface area contributed by atoms with E-state index in [4.69, 9.17) is 9.79 Å². The van der Waals surface area contributed by atoms with Gasteiger partial charge in [-0.2, -0.15) is 0 Å². The molecule has 3 N–H and O–H groups in total. The van der Waals surface area contributed by atoms with Crippen LogP contribution in [-0.2, 0) is 11.1 Å². The van der Waals surface area contributed by atoms with E-state index < -0.39 is 7.60 Å². The molecule has 13 heavy (non-hydrogen) atoms. The molecule has 0 saturated heterocycles. The Bertz CT molecular complexity index is 298. The van der Waals surface area contributed by atoms with Crippen molar-refractivity contribution >= 4 is 7.60 Å². The van der Waals surface area contributed by atoms with Crippen LogP contribution in [0.25, 0.3) is 0 Å². The highest BCUT2D eigenvalue weighted by Gasteiger charge is 2.10. The first kappa shape index (κ1) is 10.3. The highest BCUT2D eigenvalue weighted by molar-refractivity contribution is 7.51. The van der Waals surface area contributed by atoms with Crippen LogP contribution in [0.2, 0.25) is 0 Å². The number of nitrogens with one attached hydrogen (secondary N) is 1. The van der Waals surface area contributed by atoms with Crippen molar-refractivity contribution in [1.29, 1.82) is 0 Å². The second-order valence-electron chi connectivity index (χ2n) is 2.57. The average molecular weight is 202 g/mol. The van der Waals surface area contributed by atoms with Crippen molar-refractivity contribution in [3.63, 3.8) is 0 Å². The van der Waals surface area contributed by atoms with Gasteiger partial charge in [0.05, 0.1) is 12.0 Å². The lowest BCUT2D eigenvalue weighted by molar-refractivity contribution is 0.367. The van der Waals surface area contributed by atoms with E-state index in [1.165, 1.54) is 0 Å². The SMILES string of the molecule is O=P(O)(O)CNCc1ccccn1. The molecule has 0 spiro atoms. The van der Waals surface area contributed by atoms with Gasteiger partial charge in [-0.3, -0.25) is 9.55 Å². The molecule has 0 fully saturated rings. The van der Waals surface area contributed by atoms with Gasteiger partial charge >= 0.3 is 7.60 Å². The molecule has 6 heteroatoms. The summed E-state index contributed by atoms with van der Waals surface area (Å²) in [6.45, 7) is 0.367. The van der Waals surface area contributed by atoms with Gasteiger partial charge in [0, 0.05) is 12.7 Å². The molecule has 1 rings (SSSR count). The Labute approximate surface area is 76.0 Å². The maximum atomic E-state index is 10.4. The Kier molecular flexibility index (Phi) is 3.57. The highest BCUT2D eigenvalue weighted by Crippen LogP contribution is 2.31. The number of aromatic nitrogens is 1. The highest BCUT2D eigenvalue weighted by atomic mass is 31.2. The maximum Gasteiger partial charge on any atom is 0.339 e. The van der Waals surface area contributed by atoms with Crippen molar-refractivity contribution in [3.8, 4) is 0 Å². The second-order valence-corrected chi connectivity index (χ2v) is 4.22. The predicted molar refractivity (Wildman–Crippen MR) is 48.0 cm³/mol. The van der Waals surface area contributed by atoms with Gasteiger partial charge < -0.3 is 15.1 Å². The van der Waals surface area contributed by atoms with Crippen molar-refractivity contribution < 1.29 is 14.4 Å². The van der Waals surface area contributed by atoms with E-state index in [0.717, 1.165) is 5.69 Å². The van der Waals surface area contributed by atoms with Gasteiger partial charge in [-0.15, -0.1) is 0 Å². The van der Waals surface area contributed by atoms with E-state index >= 15 is 0 Å². The molecule has 1 aromatic rings.